The molecule has 0 saturated heterocycles. The quantitative estimate of drug-likeness (QED) is 0.686. The zero-order valence-corrected chi connectivity index (χ0v) is 7.44. The zero-order valence-electron chi connectivity index (χ0n) is 7.44. The smallest absolute Gasteiger partial charge is 0.101 e. The molecule has 69 valence electrons. The largest absolute Gasteiger partial charge is 0.253 e. The third kappa shape index (κ3) is 1.76. The normalized spacial score (nSPS) is 12.0. The fourth-order valence-corrected chi connectivity index (χ4v) is 1.25. The van der Waals surface area contributed by atoms with Crippen molar-refractivity contribution in [2.24, 2.45) is 0 Å². The maximum atomic E-state index is 12.5. The molecule has 1 aromatic heterocycles. The second kappa shape index (κ2) is 3.54. The van der Waals surface area contributed by atoms with Crippen LogP contribution in [-0.4, -0.2) is 9.97 Å². The van der Waals surface area contributed by atoms with Crippen LogP contribution in [0.15, 0.2) is 36.4 Å². The van der Waals surface area contributed by atoms with Gasteiger partial charge in [0.25, 0.3) is 0 Å². The Kier molecular flexibility index (Phi) is 2.23. The Bertz CT molecular complexity index is 487. The molecule has 3 heteroatoms. The van der Waals surface area contributed by atoms with Gasteiger partial charge in [-0.25, -0.2) is 4.39 Å². The molecule has 0 fully saturated rings. The summed E-state index contributed by atoms with van der Waals surface area (Å²) in [5, 5.41) is 0. The van der Waals surface area contributed by atoms with Crippen LogP contribution in [0.3, 0.4) is 0 Å². The van der Waals surface area contributed by atoms with Gasteiger partial charge < -0.3 is 0 Å². The van der Waals surface area contributed by atoms with Gasteiger partial charge in [-0.15, -0.1) is 0 Å². The summed E-state index contributed by atoms with van der Waals surface area (Å²) in [6, 6.07) is 5.35. The number of aromatic nitrogens is 2. The first-order valence-corrected chi connectivity index (χ1v) is 4.15. The molecule has 2 rings (SSSR count). The van der Waals surface area contributed by atoms with Crippen LogP contribution in [0.1, 0.15) is 5.56 Å². The minimum atomic E-state index is -0.465. The van der Waals surface area contributed by atoms with Gasteiger partial charge in [-0.05, 0) is 23.8 Å². The lowest BCUT2D eigenvalue weighted by Gasteiger charge is -1.97. The summed E-state index contributed by atoms with van der Waals surface area (Å²) in [5.41, 5.74) is 2.29. The van der Waals surface area contributed by atoms with E-state index in [9.17, 15) is 4.39 Å². The molecular formula is C11H8FN2. The molecule has 0 amide bonds. The lowest BCUT2D eigenvalue weighted by atomic mass is 10.2. The fraction of sp³-hybridized carbons (Fsp3) is 0. The first-order valence-electron chi connectivity index (χ1n) is 4.15. The topological polar surface area (TPSA) is 25.8 Å². The maximum Gasteiger partial charge on any atom is 0.101 e. The summed E-state index contributed by atoms with van der Waals surface area (Å²) in [6.07, 6.45) is 4.59. The first kappa shape index (κ1) is 8.81. The molecule has 0 aliphatic rings. The summed E-state index contributed by atoms with van der Waals surface area (Å²) >= 11 is 0. The average Bonchev–Trinajstić information content (AvgIpc) is 2.17. The fourth-order valence-electron chi connectivity index (χ4n) is 1.25. The molecule has 2 nitrogen and oxygen atoms in total. The Morgan fingerprint density at radius 1 is 1.21 bits per heavy atom. The molecule has 0 saturated carbocycles. The molecule has 0 aliphatic carbocycles. The molecule has 0 spiro atoms. The van der Waals surface area contributed by atoms with Crippen molar-refractivity contribution < 1.29 is 4.39 Å². The molecular weight excluding hydrogens is 179 g/mol. The molecule has 0 aliphatic heterocycles. The van der Waals surface area contributed by atoms with Gasteiger partial charge in [-0.2, -0.15) is 0 Å². The average molecular weight is 187 g/mol. The van der Waals surface area contributed by atoms with E-state index in [1.807, 2.05) is 0 Å². The highest BCUT2D eigenvalue weighted by Crippen LogP contribution is 2.13. The lowest BCUT2D eigenvalue weighted by Crippen LogP contribution is -1.82. The number of allylic oxidation sites excluding steroid dienone is 1. The number of fused-ring (bicyclic) bond motifs is 1. The lowest BCUT2D eigenvalue weighted by molar-refractivity contribution is 0.673. The predicted molar refractivity (Wildman–Crippen MR) is 54.0 cm³/mol. The van der Waals surface area contributed by atoms with E-state index < -0.39 is 5.83 Å². The minimum absolute atomic E-state index is 0.465. The van der Waals surface area contributed by atoms with Crippen LogP contribution in [0.2, 0.25) is 0 Å². The molecule has 0 N–H and O–H groups in total. The van der Waals surface area contributed by atoms with Gasteiger partial charge in [0.2, 0.25) is 0 Å². The van der Waals surface area contributed by atoms with Gasteiger partial charge in [0, 0.05) is 19.3 Å². The van der Waals surface area contributed by atoms with E-state index in [1.165, 1.54) is 6.08 Å². The van der Waals surface area contributed by atoms with Crippen LogP contribution in [0, 0.1) is 6.92 Å². The number of rotatable bonds is 1. The maximum absolute atomic E-state index is 12.5. The molecule has 2 aromatic rings. The van der Waals surface area contributed by atoms with E-state index in [2.05, 4.69) is 16.9 Å². The molecule has 0 bridgehead atoms. The summed E-state index contributed by atoms with van der Waals surface area (Å²) in [4.78, 5) is 8.22. The third-order valence-corrected chi connectivity index (χ3v) is 1.82. The Morgan fingerprint density at radius 3 is 2.64 bits per heavy atom. The van der Waals surface area contributed by atoms with E-state index in [1.54, 1.807) is 30.6 Å². The van der Waals surface area contributed by atoms with Crippen molar-refractivity contribution in [3.05, 3.63) is 48.9 Å². The molecule has 1 radical (unpaired) electrons. The van der Waals surface area contributed by atoms with Gasteiger partial charge in [0.1, 0.15) is 5.83 Å². The van der Waals surface area contributed by atoms with Crippen molar-refractivity contribution in [1.29, 1.82) is 0 Å². The second-order valence-corrected chi connectivity index (χ2v) is 2.90. The van der Waals surface area contributed by atoms with Crippen LogP contribution in [0.25, 0.3) is 17.1 Å². The summed E-state index contributed by atoms with van der Waals surface area (Å²) in [5.74, 6) is -0.465. The summed E-state index contributed by atoms with van der Waals surface area (Å²) in [7, 11) is 0. The van der Waals surface area contributed by atoms with E-state index in [0.29, 0.717) is 0 Å². The second-order valence-electron chi connectivity index (χ2n) is 2.90. The third-order valence-electron chi connectivity index (χ3n) is 1.82. The van der Waals surface area contributed by atoms with E-state index >= 15 is 0 Å². The number of benzene rings is 1. The number of hydrogen-bond donors (Lipinski definition) is 0. The standard InChI is InChI=1S/C11H8FN2/c1-8(12)6-9-2-3-10-11(7-9)14-5-4-13-10/h2-7H,1H2/b8-6+. The first-order chi connectivity index (χ1) is 6.75. The van der Waals surface area contributed by atoms with Crippen LogP contribution >= 0.6 is 0 Å². The van der Waals surface area contributed by atoms with Crippen molar-refractivity contribution in [1.82, 2.24) is 9.97 Å². The van der Waals surface area contributed by atoms with Crippen molar-refractivity contribution in [3.63, 3.8) is 0 Å². The number of hydrogen-bond acceptors (Lipinski definition) is 2. The Labute approximate surface area is 81.1 Å². The zero-order chi connectivity index (χ0) is 9.97. The van der Waals surface area contributed by atoms with Crippen molar-refractivity contribution >= 4 is 17.1 Å². The van der Waals surface area contributed by atoms with Crippen molar-refractivity contribution in [2.75, 3.05) is 0 Å². The SMILES string of the molecule is [CH2]/C(F)=C\c1ccc2nccnc2c1. The molecule has 0 unspecified atom stereocenters. The van der Waals surface area contributed by atoms with E-state index in [4.69, 9.17) is 0 Å². The van der Waals surface area contributed by atoms with E-state index in [-0.39, 0.29) is 0 Å². The van der Waals surface area contributed by atoms with Crippen LogP contribution in [-0.2, 0) is 0 Å². The van der Waals surface area contributed by atoms with Crippen molar-refractivity contribution in [3.8, 4) is 0 Å². The van der Waals surface area contributed by atoms with Gasteiger partial charge in [-0.1, -0.05) is 6.07 Å². The van der Waals surface area contributed by atoms with Crippen LogP contribution in [0.5, 0.6) is 0 Å². The highest BCUT2D eigenvalue weighted by atomic mass is 19.1. The Morgan fingerprint density at radius 2 is 1.93 bits per heavy atom. The summed E-state index contributed by atoms with van der Waals surface area (Å²) in [6.45, 7) is 3.17. The van der Waals surface area contributed by atoms with Gasteiger partial charge in [-0.3, -0.25) is 9.97 Å². The van der Waals surface area contributed by atoms with Gasteiger partial charge >= 0.3 is 0 Å². The summed E-state index contributed by atoms with van der Waals surface area (Å²) < 4.78 is 12.5. The monoisotopic (exact) mass is 187 g/mol. The molecule has 1 aromatic carbocycles. The highest BCUT2D eigenvalue weighted by molar-refractivity contribution is 5.77. The predicted octanol–water partition coefficient (Wildman–Crippen LogP) is 2.77. The van der Waals surface area contributed by atoms with Crippen LogP contribution < -0.4 is 0 Å². The minimum Gasteiger partial charge on any atom is -0.253 e. The number of nitrogens with zero attached hydrogens (tertiary/aromatic N) is 2. The molecule has 0 atom stereocenters. The highest BCUT2D eigenvalue weighted by Gasteiger charge is 1.96. The Balaban J connectivity index is 2.57. The number of halogens is 1. The van der Waals surface area contributed by atoms with E-state index in [0.717, 1.165) is 16.6 Å². The van der Waals surface area contributed by atoms with Gasteiger partial charge in [0.05, 0.1) is 11.0 Å². The molecule has 1 heterocycles. The van der Waals surface area contributed by atoms with Gasteiger partial charge in [0.15, 0.2) is 0 Å². The van der Waals surface area contributed by atoms with Crippen LogP contribution in [0.4, 0.5) is 4.39 Å². The molecule has 14 heavy (non-hydrogen) atoms. The van der Waals surface area contributed by atoms with Crippen molar-refractivity contribution in [2.45, 2.75) is 0 Å². The Hall–Kier alpha value is -1.77.